The maximum absolute atomic E-state index is 6.87. The van der Waals surface area contributed by atoms with Crippen LogP contribution in [0.4, 0.5) is 0 Å². The molecule has 5 atom stereocenters. The van der Waals surface area contributed by atoms with Crippen LogP contribution in [0.1, 0.15) is 124 Å². The fourth-order valence-corrected chi connectivity index (χ4v) is 6.50. The minimum Gasteiger partial charge on any atom is -0.347 e. The molecule has 0 N–H and O–H groups in total. The summed E-state index contributed by atoms with van der Waals surface area (Å²) in [5, 5.41) is 2.34. The van der Waals surface area contributed by atoms with E-state index in [4.69, 9.17) is 14.3 Å². The Morgan fingerprint density at radius 2 is 1.58 bits per heavy atom. The summed E-state index contributed by atoms with van der Waals surface area (Å²) >= 11 is 0. The van der Waals surface area contributed by atoms with Gasteiger partial charge in [-0.1, -0.05) is 109 Å². The molecular weight excluding hydrogens is 446 g/mol. The molecule has 1 spiro atoms. The van der Waals surface area contributed by atoms with Gasteiger partial charge in [-0.3, -0.25) is 4.84 Å². The van der Waals surface area contributed by atoms with E-state index in [1.807, 2.05) is 0 Å². The van der Waals surface area contributed by atoms with Crippen molar-refractivity contribution in [1.82, 2.24) is 5.06 Å². The van der Waals surface area contributed by atoms with E-state index in [1.54, 1.807) is 0 Å². The first-order valence-corrected chi connectivity index (χ1v) is 15.1. The van der Waals surface area contributed by atoms with Crippen LogP contribution in [0.5, 0.6) is 0 Å². The van der Waals surface area contributed by atoms with Gasteiger partial charge >= 0.3 is 0 Å². The van der Waals surface area contributed by atoms with Crippen molar-refractivity contribution in [3.05, 3.63) is 35.9 Å². The number of hydroxylamine groups is 2. The summed E-state index contributed by atoms with van der Waals surface area (Å²) in [6.07, 6.45) is 15.9. The van der Waals surface area contributed by atoms with Crippen molar-refractivity contribution in [2.45, 2.75) is 148 Å². The Labute approximate surface area is 222 Å². The Balaban J connectivity index is 1.58. The highest BCUT2D eigenvalue weighted by atomic mass is 16.8. The lowest BCUT2D eigenvalue weighted by Gasteiger charge is -2.61. The first-order valence-electron chi connectivity index (χ1n) is 15.1. The lowest BCUT2D eigenvalue weighted by atomic mass is 9.67. The number of hydrogen-bond acceptors (Lipinski definition) is 4. The van der Waals surface area contributed by atoms with Gasteiger partial charge < -0.3 is 9.47 Å². The van der Waals surface area contributed by atoms with Crippen LogP contribution in [0.25, 0.3) is 0 Å². The fourth-order valence-electron chi connectivity index (χ4n) is 6.50. The first-order chi connectivity index (χ1) is 17.3. The second kappa shape index (κ2) is 13.7. The monoisotopic (exact) mass is 501 g/mol. The third-order valence-corrected chi connectivity index (χ3v) is 9.36. The van der Waals surface area contributed by atoms with Crippen LogP contribution in [0.3, 0.4) is 0 Å². The third kappa shape index (κ3) is 6.92. The Kier molecular flexibility index (Phi) is 11.3. The standard InChI is InChI=1S/C32H55NO3/c1-7-10-11-12-13-14-15-19-22-29-25-34-32(36-29)26-30(5,8-2)33(31(6,9-3)27(32)4)35-24-23-28-20-17-16-18-21-28/h16-18,20-21,27,29H,7-15,19,22-26H2,1-6H3. The number of ether oxygens (including phenoxy) is 2. The lowest BCUT2D eigenvalue weighted by Crippen LogP contribution is -2.71. The average molecular weight is 502 g/mol. The highest BCUT2D eigenvalue weighted by molar-refractivity contribution is 5.15. The number of hydrogen-bond donors (Lipinski definition) is 0. The molecule has 5 unspecified atom stereocenters. The summed E-state index contributed by atoms with van der Waals surface area (Å²) in [5.41, 5.74) is 1.02. The van der Waals surface area contributed by atoms with Crippen molar-refractivity contribution in [2.75, 3.05) is 13.2 Å². The number of nitrogens with zero attached hydrogens (tertiary/aromatic N) is 1. The van der Waals surface area contributed by atoms with Crippen LogP contribution >= 0.6 is 0 Å². The van der Waals surface area contributed by atoms with Gasteiger partial charge in [0, 0.05) is 17.9 Å². The van der Waals surface area contributed by atoms with Gasteiger partial charge in [-0.05, 0) is 45.1 Å². The topological polar surface area (TPSA) is 30.9 Å². The predicted octanol–water partition coefficient (Wildman–Crippen LogP) is 8.48. The molecule has 0 bridgehead atoms. The molecular formula is C32H55NO3. The van der Waals surface area contributed by atoms with E-state index in [1.165, 1.54) is 56.9 Å². The normalized spacial score (nSPS) is 32.9. The van der Waals surface area contributed by atoms with Crippen molar-refractivity contribution in [3.8, 4) is 0 Å². The molecule has 1 aromatic rings. The van der Waals surface area contributed by atoms with Crippen molar-refractivity contribution in [3.63, 3.8) is 0 Å². The second-order valence-corrected chi connectivity index (χ2v) is 11.9. The molecule has 2 aliphatic rings. The molecule has 2 fully saturated rings. The molecule has 36 heavy (non-hydrogen) atoms. The Bertz CT molecular complexity index is 757. The SMILES string of the molecule is CCCCCCCCCCC1COC2(CC(C)(CC)N(OCCc3ccccc3)C(C)(CC)C2C)O1. The molecule has 4 nitrogen and oxygen atoms in total. The molecule has 0 aliphatic carbocycles. The van der Waals surface area contributed by atoms with Crippen molar-refractivity contribution in [2.24, 2.45) is 5.92 Å². The molecule has 3 rings (SSSR count). The zero-order valence-electron chi connectivity index (χ0n) is 24.3. The van der Waals surface area contributed by atoms with E-state index in [-0.39, 0.29) is 23.1 Å². The van der Waals surface area contributed by atoms with Crippen molar-refractivity contribution >= 4 is 0 Å². The summed E-state index contributed by atoms with van der Waals surface area (Å²) in [4.78, 5) is 6.65. The summed E-state index contributed by atoms with van der Waals surface area (Å²) in [6, 6.07) is 10.6. The van der Waals surface area contributed by atoms with Crippen LogP contribution in [0.2, 0.25) is 0 Å². The molecule has 0 aromatic heterocycles. The van der Waals surface area contributed by atoms with Gasteiger partial charge in [0.25, 0.3) is 0 Å². The van der Waals surface area contributed by atoms with Crippen LogP contribution < -0.4 is 0 Å². The van der Waals surface area contributed by atoms with Gasteiger partial charge in [0.15, 0.2) is 5.79 Å². The van der Waals surface area contributed by atoms with E-state index >= 15 is 0 Å². The molecule has 0 saturated carbocycles. The first kappa shape index (κ1) is 29.6. The third-order valence-electron chi connectivity index (χ3n) is 9.36. The number of unbranched alkanes of at least 4 members (excludes halogenated alkanes) is 7. The van der Waals surface area contributed by atoms with Crippen LogP contribution in [0.15, 0.2) is 30.3 Å². The summed E-state index contributed by atoms with van der Waals surface area (Å²) in [5.74, 6) is -0.297. The molecule has 2 saturated heterocycles. The van der Waals surface area contributed by atoms with Crippen LogP contribution in [-0.2, 0) is 20.7 Å². The van der Waals surface area contributed by atoms with E-state index in [0.29, 0.717) is 6.61 Å². The molecule has 2 aliphatic heterocycles. The van der Waals surface area contributed by atoms with Crippen LogP contribution in [-0.4, -0.2) is 41.2 Å². The lowest BCUT2D eigenvalue weighted by molar-refractivity contribution is -0.368. The summed E-state index contributed by atoms with van der Waals surface area (Å²) in [7, 11) is 0. The van der Waals surface area contributed by atoms with E-state index in [2.05, 4.69) is 76.9 Å². The summed E-state index contributed by atoms with van der Waals surface area (Å²) in [6.45, 7) is 15.3. The minimum atomic E-state index is -0.514. The number of piperidine rings is 1. The van der Waals surface area contributed by atoms with Crippen LogP contribution in [0, 0.1) is 5.92 Å². The Hall–Kier alpha value is -0.940. The maximum Gasteiger partial charge on any atom is 0.175 e. The smallest absolute Gasteiger partial charge is 0.175 e. The molecule has 0 amide bonds. The average Bonchev–Trinajstić information content (AvgIpc) is 3.30. The van der Waals surface area contributed by atoms with E-state index in [0.717, 1.165) is 38.7 Å². The van der Waals surface area contributed by atoms with Gasteiger partial charge in [-0.25, -0.2) is 0 Å². The van der Waals surface area contributed by atoms with Gasteiger partial charge in [-0.2, -0.15) is 5.06 Å². The number of rotatable bonds is 15. The largest absolute Gasteiger partial charge is 0.347 e. The Morgan fingerprint density at radius 3 is 2.22 bits per heavy atom. The quantitative estimate of drug-likeness (QED) is 0.225. The van der Waals surface area contributed by atoms with Crippen molar-refractivity contribution in [1.29, 1.82) is 0 Å². The maximum atomic E-state index is 6.87. The molecule has 2 heterocycles. The predicted molar refractivity (Wildman–Crippen MR) is 150 cm³/mol. The molecule has 206 valence electrons. The molecule has 4 heteroatoms. The van der Waals surface area contributed by atoms with E-state index in [9.17, 15) is 0 Å². The van der Waals surface area contributed by atoms with Gasteiger partial charge in [0.1, 0.15) is 0 Å². The number of benzene rings is 1. The van der Waals surface area contributed by atoms with E-state index < -0.39 is 5.79 Å². The van der Waals surface area contributed by atoms with Gasteiger partial charge in [-0.15, -0.1) is 0 Å². The summed E-state index contributed by atoms with van der Waals surface area (Å²) < 4.78 is 13.5. The zero-order chi connectivity index (χ0) is 26.1. The Morgan fingerprint density at radius 1 is 0.917 bits per heavy atom. The highest BCUT2D eigenvalue weighted by Crippen LogP contribution is 2.54. The molecule has 0 radical (unpaired) electrons. The highest BCUT2D eigenvalue weighted by Gasteiger charge is 2.63. The van der Waals surface area contributed by atoms with Crippen molar-refractivity contribution < 1.29 is 14.3 Å². The zero-order valence-corrected chi connectivity index (χ0v) is 24.3. The molecule has 1 aromatic carbocycles. The second-order valence-electron chi connectivity index (χ2n) is 11.9. The minimum absolute atomic E-state index is 0.138. The van der Waals surface area contributed by atoms with Gasteiger partial charge in [0.05, 0.1) is 24.9 Å². The van der Waals surface area contributed by atoms with Gasteiger partial charge in [0.2, 0.25) is 0 Å². The fraction of sp³-hybridized carbons (Fsp3) is 0.812.